The van der Waals surface area contributed by atoms with Gasteiger partial charge in [0.05, 0.1) is 5.56 Å². The van der Waals surface area contributed by atoms with Crippen LogP contribution in [-0.4, -0.2) is 23.6 Å². The molecule has 0 radical (unpaired) electrons. The highest BCUT2D eigenvalue weighted by Gasteiger charge is 2.30. The van der Waals surface area contributed by atoms with Gasteiger partial charge in [-0.1, -0.05) is 15.9 Å². The van der Waals surface area contributed by atoms with Crippen LogP contribution in [0.2, 0.25) is 0 Å². The summed E-state index contributed by atoms with van der Waals surface area (Å²) in [6, 6.07) is 4.48. The molecule has 1 aromatic rings. The van der Waals surface area contributed by atoms with Crippen LogP contribution in [0.5, 0.6) is 0 Å². The monoisotopic (exact) mass is 381 g/mol. The summed E-state index contributed by atoms with van der Waals surface area (Å²) in [6.07, 6.45) is -4.32. The highest BCUT2D eigenvalue weighted by Crippen LogP contribution is 2.31. The minimum Gasteiger partial charge on any atom is -0.443 e. The third-order valence-electron chi connectivity index (χ3n) is 2.64. The van der Waals surface area contributed by atoms with Crippen molar-refractivity contribution in [2.45, 2.75) is 39.0 Å². The van der Waals surface area contributed by atoms with Gasteiger partial charge in [-0.15, -0.1) is 0 Å². The van der Waals surface area contributed by atoms with Gasteiger partial charge in [0.2, 0.25) is 0 Å². The summed E-state index contributed by atoms with van der Waals surface area (Å²) in [5.41, 5.74) is -1.04. The molecule has 1 amide bonds. The van der Waals surface area contributed by atoms with E-state index in [4.69, 9.17) is 4.74 Å². The number of hydrogen-bond acceptors (Lipinski definition) is 2. The van der Waals surface area contributed by atoms with Crippen LogP contribution in [0.4, 0.5) is 23.7 Å². The van der Waals surface area contributed by atoms with Gasteiger partial charge in [-0.2, -0.15) is 13.2 Å². The first-order valence-corrected chi connectivity index (χ1v) is 7.90. The number of hydrogen-bond donors (Lipinski definition) is 0. The number of amides is 1. The van der Waals surface area contributed by atoms with Crippen molar-refractivity contribution in [3.05, 3.63) is 29.8 Å². The summed E-state index contributed by atoms with van der Waals surface area (Å²) in [5.74, 6) is 0. The van der Waals surface area contributed by atoms with Gasteiger partial charge in [-0.25, -0.2) is 4.79 Å². The summed E-state index contributed by atoms with van der Waals surface area (Å²) < 4.78 is 43.1. The molecule has 0 unspecified atom stereocenters. The van der Waals surface area contributed by atoms with Crippen LogP contribution < -0.4 is 4.90 Å². The molecule has 0 spiro atoms. The fourth-order valence-electron chi connectivity index (χ4n) is 1.69. The number of ether oxygens (including phenoxy) is 1. The van der Waals surface area contributed by atoms with E-state index in [1.165, 1.54) is 17.0 Å². The molecule has 0 aliphatic heterocycles. The molecular weight excluding hydrogens is 363 g/mol. The standard InChI is InChI=1S/C15H19BrF3NO2/c1-14(2,3)22-13(21)20(10-4-9-16)12-7-5-11(6-8-12)15(17,18)19/h5-8H,4,9-10H2,1-3H3. The van der Waals surface area contributed by atoms with E-state index in [1.807, 2.05) is 0 Å². The van der Waals surface area contributed by atoms with Crippen LogP contribution in [0.15, 0.2) is 24.3 Å². The lowest BCUT2D eigenvalue weighted by molar-refractivity contribution is -0.137. The summed E-state index contributed by atoms with van der Waals surface area (Å²) in [4.78, 5) is 13.6. The third-order valence-corrected chi connectivity index (χ3v) is 3.20. The molecule has 0 heterocycles. The van der Waals surface area contributed by atoms with Gasteiger partial charge in [0.15, 0.2) is 0 Å². The number of anilines is 1. The van der Waals surface area contributed by atoms with Crippen LogP contribution in [0.1, 0.15) is 32.8 Å². The van der Waals surface area contributed by atoms with Gasteiger partial charge < -0.3 is 4.74 Å². The number of nitrogens with zero attached hydrogens (tertiary/aromatic N) is 1. The van der Waals surface area contributed by atoms with Gasteiger partial charge in [0.25, 0.3) is 0 Å². The van der Waals surface area contributed by atoms with Crippen molar-refractivity contribution in [1.29, 1.82) is 0 Å². The highest BCUT2D eigenvalue weighted by molar-refractivity contribution is 9.09. The Hall–Kier alpha value is -1.24. The average Bonchev–Trinajstić information content (AvgIpc) is 2.36. The van der Waals surface area contributed by atoms with Crippen LogP contribution in [0, 0.1) is 0 Å². The molecule has 0 aromatic heterocycles. The second-order valence-corrected chi connectivity index (χ2v) is 6.51. The SMILES string of the molecule is CC(C)(C)OC(=O)N(CCCBr)c1ccc(C(F)(F)F)cc1. The van der Waals surface area contributed by atoms with Crippen molar-refractivity contribution in [3.8, 4) is 0 Å². The van der Waals surface area contributed by atoms with Gasteiger partial charge >= 0.3 is 12.3 Å². The molecule has 0 saturated carbocycles. The second-order valence-electron chi connectivity index (χ2n) is 5.72. The van der Waals surface area contributed by atoms with Gasteiger partial charge in [0, 0.05) is 17.6 Å². The van der Waals surface area contributed by atoms with Gasteiger partial charge in [-0.3, -0.25) is 4.90 Å². The van der Waals surface area contributed by atoms with Crippen LogP contribution in [-0.2, 0) is 10.9 Å². The third kappa shape index (κ3) is 5.87. The molecule has 1 rings (SSSR count). The predicted octanol–water partition coefficient (Wildman–Crippen LogP) is 5.23. The zero-order valence-electron chi connectivity index (χ0n) is 12.7. The molecule has 0 aliphatic rings. The molecule has 0 N–H and O–H groups in total. The van der Waals surface area contributed by atoms with Crippen LogP contribution in [0.3, 0.4) is 0 Å². The molecule has 124 valence electrons. The number of alkyl halides is 4. The lowest BCUT2D eigenvalue weighted by Gasteiger charge is -2.27. The van der Waals surface area contributed by atoms with E-state index in [2.05, 4.69) is 15.9 Å². The van der Waals surface area contributed by atoms with E-state index < -0.39 is 23.4 Å². The topological polar surface area (TPSA) is 29.5 Å². The fourth-order valence-corrected chi connectivity index (χ4v) is 1.94. The average molecular weight is 382 g/mol. The molecule has 7 heteroatoms. The molecule has 1 aromatic carbocycles. The molecule has 0 fully saturated rings. The summed E-state index contributed by atoms with van der Waals surface area (Å²) in [7, 11) is 0. The maximum atomic E-state index is 12.6. The lowest BCUT2D eigenvalue weighted by Crippen LogP contribution is -2.37. The first-order valence-electron chi connectivity index (χ1n) is 6.78. The Morgan fingerprint density at radius 3 is 2.14 bits per heavy atom. The van der Waals surface area contributed by atoms with Gasteiger partial charge in [-0.05, 0) is 51.5 Å². The molecule has 22 heavy (non-hydrogen) atoms. The van der Waals surface area contributed by atoms with Gasteiger partial charge in [0.1, 0.15) is 5.60 Å². The smallest absolute Gasteiger partial charge is 0.416 e. The number of carbonyl (C=O) groups excluding carboxylic acids is 1. The summed E-state index contributed by atoms with van der Waals surface area (Å²) in [5, 5.41) is 0.674. The molecule has 0 saturated heterocycles. The van der Waals surface area contributed by atoms with Crippen molar-refractivity contribution in [2.75, 3.05) is 16.8 Å². The lowest BCUT2D eigenvalue weighted by atomic mass is 10.2. The molecular formula is C15H19BrF3NO2. The largest absolute Gasteiger partial charge is 0.443 e. The Kier molecular flexibility index (Phi) is 6.28. The van der Waals surface area contributed by atoms with Crippen molar-refractivity contribution in [2.24, 2.45) is 0 Å². The normalized spacial score (nSPS) is 12.1. The first-order chi connectivity index (χ1) is 10.0. The first kappa shape index (κ1) is 18.8. The number of benzene rings is 1. The maximum Gasteiger partial charge on any atom is 0.416 e. The number of halogens is 4. The minimum atomic E-state index is -4.40. The Morgan fingerprint density at radius 2 is 1.73 bits per heavy atom. The van der Waals surface area contributed by atoms with E-state index in [0.29, 0.717) is 24.0 Å². The molecule has 0 bridgehead atoms. The van der Waals surface area contributed by atoms with E-state index in [1.54, 1.807) is 20.8 Å². The zero-order chi connectivity index (χ0) is 17.0. The zero-order valence-corrected chi connectivity index (χ0v) is 14.3. The minimum absolute atomic E-state index is 0.353. The highest BCUT2D eigenvalue weighted by atomic mass is 79.9. The Labute approximate surface area is 136 Å². The quantitative estimate of drug-likeness (QED) is 0.668. The van der Waals surface area contributed by atoms with E-state index >= 15 is 0 Å². The molecule has 0 aliphatic carbocycles. The molecule has 0 atom stereocenters. The number of carbonyl (C=O) groups is 1. The Bertz CT molecular complexity index is 495. The fraction of sp³-hybridized carbons (Fsp3) is 0.533. The van der Waals surface area contributed by atoms with Crippen LogP contribution >= 0.6 is 15.9 Å². The van der Waals surface area contributed by atoms with Crippen molar-refractivity contribution in [3.63, 3.8) is 0 Å². The Morgan fingerprint density at radius 1 is 1.18 bits per heavy atom. The van der Waals surface area contributed by atoms with Crippen molar-refractivity contribution >= 4 is 27.7 Å². The Balaban J connectivity index is 2.99. The van der Waals surface area contributed by atoms with Crippen LogP contribution in [0.25, 0.3) is 0 Å². The maximum absolute atomic E-state index is 12.6. The van der Waals surface area contributed by atoms with E-state index in [0.717, 1.165) is 12.1 Å². The number of rotatable bonds is 4. The predicted molar refractivity (Wildman–Crippen MR) is 83.4 cm³/mol. The van der Waals surface area contributed by atoms with Crippen molar-refractivity contribution < 1.29 is 22.7 Å². The summed E-state index contributed by atoms with van der Waals surface area (Å²) >= 11 is 3.27. The summed E-state index contributed by atoms with van der Waals surface area (Å²) in [6.45, 7) is 5.56. The second kappa shape index (κ2) is 7.35. The molecule has 3 nitrogen and oxygen atoms in total. The van der Waals surface area contributed by atoms with E-state index in [-0.39, 0.29) is 0 Å². The van der Waals surface area contributed by atoms with Crippen molar-refractivity contribution in [1.82, 2.24) is 0 Å². The van der Waals surface area contributed by atoms with E-state index in [9.17, 15) is 18.0 Å².